The molecule has 2 heterocycles. The van der Waals surface area contributed by atoms with E-state index in [2.05, 4.69) is 44.7 Å². The van der Waals surface area contributed by atoms with Crippen LogP contribution >= 0.6 is 35.3 Å². The molecule has 8 heteroatoms. The van der Waals surface area contributed by atoms with E-state index < -0.39 is 0 Å². The van der Waals surface area contributed by atoms with Gasteiger partial charge in [-0.2, -0.15) is 0 Å². The monoisotopic (exact) mass is 509 g/mol. The topological polar surface area (TPSA) is 61.8 Å². The summed E-state index contributed by atoms with van der Waals surface area (Å²) in [5, 5.41) is 10.3. The molecular weight excluding hydrogens is 473 g/mol. The molecule has 0 saturated carbocycles. The van der Waals surface area contributed by atoms with Crippen LogP contribution in [0.5, 0.6) is 0 Å². The number of aromatic nitrogens is 1. The molecule has 0 radical (unpaired) electrons. The Balaban J connectivity index is 0.00000364. The van der Waals surface area contributed by atoms with Crippen LogP contribution in [0.3, 0.4) is 0 Å². The van der Waals surface area contributed by atoms with Gasteiger partial charge in [0.2, 0.25) is 0 Å². The molecule has 6 nitrogen and oxygen atoms in total. The number of hydrogen-bond acceptors (Lipinski definition) is 5. The predicted molar refractivity (Wildman–Crippen MR) is 126 cm³/mol. The lowest BCUT2D eigenvalue weighted by Gasteiger charge is -2.35. The van der Waals surface area contributed by atoms with Crippen molar-refractivity contribution < 1.29 is 4.74 Å². The fourth-order valence-corrected chi connectivity index (χ4v) is 4.07. The van der Waals surface area contributed by atoms with Gasteiger partial charge in [0.25, 0.3) is 0 Å². The van der Waals surface area contributed by atoms with Gasteiger partial charge in [-0.25, -0.2) is 4.98 Å². The lowest BCUT2D eigenvalue weighted by atomic mass is 10.0. The van der Waals surface area contributed by atoms with E-state index in [-0.39, 0.29) is 24.0 Å². The van der Waals surface area contributed by atoms with Gasteiger partial charge in [0, 0.05) is 56.8 Å². The molecule has 1 aliphatic rings. The minimum Gasteiger partial charge on any atom is -0.379 e. The Labute approximate surface area is 185 Å². The van der Waals surface area contributed by atoms with Gasteiger partial charge in [-0.3, -0.25) is 9.89 Å². The van der Waals surface area contributed by atoms with Crippen molar-refractivity contribution in [1.82, 2.24) is 20.5 Å². The number of guanidine groups is 1. The zero-order valence-electron chi connectivity index (χ0n) is 17.2. The summed E-state index contributed by atoms with van der Waals surface area (Å²) in [7, 11) is 1.84. The summed E-state index contributed by atoms with van der Waals surface area (Å²) in [5.74, 6) is 1.57. The molecule has 0 aliphatic carbocycles. The Bertz CT molecular complexity index is 546. The standard InChI is InChI=1S/C19H35N5OS.HI/c1-15(2)12-17(24-8-10-25-11-9-24)13-22-19(20-4)21-7-5-6-18-23-16(3)14-26-18;/h14-15,17H,5-13H2,1-4H3,(H2,20,21,22);1H. The van der Waals surface area contributed by atoms with E-state index in [4.69, 9.17) is 4.74 Å². The third-order valence-electron chi connectivity index (χ3n) is 4.56. The van der Waals surface area contributed by atoms with Gasteiger partial charge in [-0.15, -0.1) is 35.3 Å². The molecule has 1 fully saturated rings. The van der Waals surface area contributed by atoms with Gasteiger partial charge < -0.3 is 15.4 Å². The lowest BCUT2D eigenvalue weighted by Crippen LogP contribution is -2.51. The molecule has 2 rings (SSSR count). The Kier molecular flexibility index (Phi) is 12.5. The zero-order valence-corrected chi connectivity index (χ0v) is 20.3. The first-order valence-electron chi connectivity index (χ1n) is 9.75. The molecule has 0 aromatic carbocycles. The maximum absolute atomic E-state index is 5.50. The van der Waals surface area contributed by atoms with Crippen LogP contribution in [0.1, 0.15) is 37.4 Å². The van der Waals surface area contributed by atoms with E-state index in [0.29, 0.717) is 12.0 Å². The van der Waals surface area contributed by atoms with E-state index in [1.165, 1.54) is 11.4 Å². The van der Waals surface area contributed by atoms with Crippen LogP contribution in [0.15, 0.2) is 10.4 Å². The number of hydrogen-bond donors (Lipinski definition) is 2. The van der Waals surface area contributed by atoms with E-state index >= 15 is 0 Å². The van der Waals surface area contributed by atoms with Gasteiger partial charge in [0.15, 0.2) is 5.96 Å². The molecule has 0 spiro atoms. The second kappa shape index (κ2) is 13.7. The average Bonchev–Trinajstić information content (AvgIpc) is 3.05. The van der Waals surface area contributed by atoms with Crippen molar-refractivity contribution in [2.24, 2.45) is 10.9 Å². The number of aryl methyl sites for hydroxylation is 2. The minimum absolute atomic E-state index is 0. The number of morpholine rings is 1. The molecule has 2 N–H and O–H groups in total. The molecule has 0 amide bonds. The molecule has 1 atom stereocenters. The minimum atomic E-state index is 0. The number of thiazole rings is 1. The Morgan fingerprint density at radius 1 is 1.33 bits per heavy atom. The van der Waals surface area contributed by atoms with Crippen LogP contribution in [-0.4, -0.2) is 68.3 Å². The summed E-state index contributed by atoms with van der Waals surface area (Å²) in [6.07, 6.45) is 3.27. The number of aliphatic imine (C=N–C) groups is 1. The van der Waals surface area contributed by atoms with Gasteiger partial charge in [0.1, 0.15) is 0 Å². The summed E-state index contributed by atoms with van der Waals surface area (Å²) < 4.78 is 5.50. The normalized spacial score (nSPS) is 16.9. The van der Waals surface area contributed by atoms with Crippen molar-refractivity contribution >= 4 is 41.3 Å². The molecule has 27 heavy (non-hydrogen) atoms. The Hall–Kier alpha value is -0.450. The van der Waals surface area contributed by atoms with Gasteiger partial charge in [0.05, 0.1) is 18.2 Å². The molecule has 1 aromatic heterocycles. The Morgan fingerprint density at radius 3 is 2.67 bits per heavy atom. The van der Waals surface area contributed by atoms with Crippen molar-refractivity contribution in [1.29, 1.82) is 0 Å². The molecular formula is C19H36IN5OS. The van der Waals surface area contributed by atoms with Crippen molar-refractivity contribution in [2.45, 2.75) is 46.1 Å². The first-order valence-corrected chi connectivity index (χ1v) is 10.6. The average molecular weight is 510 g/mol. The SMILES string of the molecule is CN=C(NCCCc1nc(C)cs1)NCC(CC(C)C)N1CCOCC1.I. The molecule has 156 valence electrons. The van der Waals surface area contributed by atoms with E-state index in [0.717, 1.165) is 63.9 Å². The first kappa shape index (κ1) is 24.6. The molecule has 1 aromatic rings. The van der Waals surface area contributed by atoms with Crippen LogP contribution in [0.25, 0.3) is 0 Å². The lowest BCUT2D eigenvalue weighted by molar-refractivity contribution is 0.0132. The highest BCUT2D eigenvalue weighted by Gasteiger charge is 2.22. The quantitative estimate of drug-likeness (QED) is 0.232. The summed E-state index contributed by atoms with van der Waals surface area (Å²) in [6.45, 7) is 12.2. The largest absolute Gasteiger partial charge is 0.379 e. The number of rotatable bonds is 9. The van der Waals surface area contributed by atoms with Crippen LogP contribution in [0.2, 0.25) is 0 Å². The highest BCUT2D eigenvalue weighted by Crippen LogP contribution is 2.13. The second-order valence-corrected chi connectivity index (χ2v) is 8.24. The van der Waals surface area contributed by atoms with Crippen molar-refractivity contribution in [3.63, 3.8) is 0 Å². The van der Waals surface area contributed by atoms with E-state index in [1.54, 1.807) is 11.3 Å². The maximum atomic E-state index is 5.50. The molecule has 1 unspecified atom stereocenters. The number of ether oxygens (including phenoxy) is 1. The molecule has 0 bridgehead atoms. The van der Waals surface area contributed by atoms with Gasteiger partial charge in [-0.05, 0) is 25.7 Å². The fourth-order valence-electron chi connectivity index (χ4n) is 3.25. The summed E-state index contributed by atoms with van der Waals surface area (Å²) in [5.41, 5.74) is 1.12. The molecule has 1 aliphatic heterocycles. The first-order chi connectivity index (χ1) is 12.6. The third kappa shape index (κ3) is 9.54. The highest BCUT2D eigenvalue weighted by atomic mass is 127. The van der Waals surface area contributed by atoms with Crippen LogP contribution in [0.4, 0.5) is 0 Å². The third-order valence-corrected chi connectivity index (χ3v) is 5.59. The fraction of sp³-hybridized carbons (Fsp3) is 0.789. The van der Waals surface area contributed by atoms with Crippen molar-refractivity contribution in [3.8, 4) is 0 Å². The summed E-state index contributed by atoms with van der Waals surface area (Å²) >= 11 is 1.75. The molecule has 1 saturated heterocycles. The van der Waals surface area contributed by atoms with Crippen molar-refractivity contribution in [3.05, 3.63) is 16.1 Å². The second-order valence-electron chi connectivity index (χ2n) is 7.30. The summed E-state index contributed by atoms with van der Waals surface area (Å²) in [6, 6.07) is 0.524. The predicted octanol–water partition coefficient (Wildman–Crippen LogP) is 2.91. The van der Waals surface area contributed by atoms with E-state index in [1.807, 2.05) is 14.0 Å². The zero-order chi connectivity index (χ0) is 18.8. The number of nitrogens with zero attached hydrogens (tertiary/aromatic N) is 3. The smallest absolute Gasteiger partial charge is 0.191 e. The van der Waals surface area contributed by atoms with Crippen LogP contribution in [0, 0.1) is 12.8 Å². The summed E-state index contributed by atoms with van der Waals surface area (Å²) in [4.78, 5) is 11.4. The van der Waals surface area contributed by atoms with Crippen LogP contribution < -0.4 is 10.6 Å². The van der Waals surface area contributed by atoms with Crippen LogP contribution in [-0.2, 0) is 11.2 Å². The highest BCUT2D eigenvalue weighted by molar-refractivity contribution is 14.0. The van der Waals surface area contributed by atoms with Gasteiger partial charge >= 0.3 is 0 Å². The van der Waals surface area contributed by atoms with E-state index in [9.17, 15) is 0 Å². The van der Waals surface area contributed by atoms with Crippen molar-refractivity contribution in [2.75, 3.05) is 46.4 Å². The van der Waals surface area contributed by atoms with Gasteiger partial charge in [-0.1, -0.05) is 13.8 Å². The Morgan fingerprint density at radius 2 is 2.07 bits per heavy atom. The number of halogens is 1. The number of nitrogens with one attached hydrogen (secondary N) is 2. The maximum Gasteiger partial charge on any atom is 0.191 e.